The molecule has 256 valence electrons. The third-order valence-corrected chi connectivity index (χ3v) is 7.80. The first-order chi connectivity index (χ1) is 21.9. The number of nitro groups is 1. The number of carbonyl (C=O) groups is 5. The molecule has 15 heteroatoms. The number of thioether (sulfide) groups is 1. The first-order valence-electron chi connectivity index (χ1n) is 15.0. The van der Waals surface area contributed by atoms with E-state index in [-0.39, 0.29) is 47.3 Å². The zero-order valence-corrected chi connectivity index (χ0v) is 27.9. The van der Waals surface area contributed by atoms with E-state index in [2.05, 4.69) is 21.3 Å². The molecule has 2 aromatic carbocycles. The molecule has 0 radical (unpaired) electrons. The maximum Gasteiger partial charge on any atom is 0.327 e. The Morgan fingerprint density at radius 1 is 0.851 bits per heavy atom. The quantitative estimate of drug-likeness (QED) is 0.0744. The number of non-ortho nitro benzene ring substituents is 1. The number of urea groups is 1. The summed E-state index contributed by atoms with van der Waals surface area (Å²) < 4.78 is 0. The second-order valence-corrected chi connectivity index (χ2v) is 13.8. The second-order valence-electron chi connectivity index (χ2n) is 12.6. The van der Waals surface area contributed by atoms with Crippen LogP contribution in [0.15, 0.2) is 48.5 Å². The molecule has 0 aromatic heterocycles. The van der Waals surface area contributed by atoms with E-state index >= 15 is 0 Å². The molecular weight excluding hydrogens is 630 g/mol. The van der Waals surface area contributed by atoms with Crippen LogP contribution in [0.3, 0.4) is 0 Å². The highest BCUT2D eigenvalue weighted by Gasteiger charge is 2.28. The SMILES string of the molecule is CC(C)CC(C(=O)NC(CSCCC(NC(=O)CC(C)(C)C)C(=O)O)C(=O)O)c1ccc(NC(=O)Nc2ccc([N+](=O)[O-])cc2)cc1. The molecule has 4 amide bonds. The fourth-order valence-corrected chi connectivity index (χ4v) is 5.49. The van der Waals surface area contributed by atoms with E-state index in [1.807, 2.05) is 34.6 Å². The van der Waals surface area contributed by atoms with Crippen LogP contribution in [0.4, 0.5) is 21.9 Å². The van der Waals surface area contributed by atoms with Crippen molar-refractivity contribution < 1.29 is 39.1 Å². The average Bonchev–Trinajstić information content (AvgIpc) is 2.96. The minimum atomic E-state index is -1.24. The number of nitro benzene ring substituents is 1. The van der Waals surface area contributed by atoms with Crippen LogP contribution in [0, 0.1) is 21.4 Å². The number of nitrogens with one attached hydrogen (secondary N) is 4. The number of benzene rings is 2. The van der Waals surface area contributed by atoms with Crippen LogP contribution in [0.25, 0.3) is 0 Å². The third-order valence-electron chi connectivity index (χ3n) is 6.70. The molecule has 0 aliphatic rings. The first kappa shape index (κ1) is 38.5. The van der Waals surface area contributed by atoms with Crippen LogP contribution in [0.1, 0.15) is 65.4 Å². The predicted molar refractivity (Wildman–Crippen MR) is 180 cm³/mol. The molecule has 2 aromatic rings. The smallest absolute Gasteiger partial charge is 0.327 e. The normalized spacial score (nSPS) is 13.1. The zero-order chi connectivity index (χ0) is 35.3. The minimum Gasteiger partial charge on any atom is -0.480 e. The molecule has 0 fully saturated rings. The number of carboxylic acid groups (broad SMARTS) is 2. The molecule has 2 rings (SSSR count). The van der Waals surface area contributed by atoms with E-state index in [9.17, 15) is 44.3 Å². The standard InChI is InChI=1S/C32H43N5O9S/c1-19(2)16-24(20-6-8-21(9-7-20)33-31(44)34-22-10-12-23(13-11-22)37(45)46)28(39)36-26(30(42)43)18-47-15-14-25(29(40)41)35-27(38)17-32(3,4)5/h6-13,19,24-26H,14-18H2,1-5H3,(H,35,38)(H,36,39)(H,40,41)(H,42,43)(H2,33,34,44). The van der Waals surface area contributed by atoms with Crippen LogP contribution in [0.5, 0.6) is 0 Å². The Hall–Kier alpha value is -4.66. The zero-order valence-electron chi connectivity index (χ0n) is 27.1. The fraction of sp³-hybridized carbons (Fsp3) is 0.469. The summed E-state index contributed by atoms with van der Waals surface area (Å²) in [5.41, 5.74) is 0.975. The monoisotopic (exact) mass is 673 g/mol. The number of hydrogen-bond donors (Lipinski definition) is 6. The summed E-state index contributed by atoms with van der Waals surface area (Å²) in [4.78, 5) is 71.9. The molecule has 3 unspecified atom stereocenters. The number of amides is 4. The molecule has 6 N–H and O–H groups in total. The number of aliphatic carboxylic acids is 2. The Kier molecular flexibility index (Phi) is 14.7. The van der Waals surface area contributed by atoms with E-state index < -0.39 is 46.8 Å². The molecule has 0 heterocycles. The molecule has 3 atom stereocenters. The van der Waals surface area contributed by atoms with Crippen molar-refractivity contribution in [2.75, 3.05) is 22.1 Å². The van der Waals surface area contributed by atoms with Crippen LogP contribution in [0.2, 0.25) is 0 Å². The number of carboxylic acids is 2. The van der Waals surface area contributed by atoms with Crippen molar-refractivity contribution in [1.82, 2.24) is 10.6 Å². The number of nitrogens with zero attached hydrogens (tertiary/aromatic N) is 1. The van der Waals surface area contributed by atoms with Gasteiger partial charge < -0.3 is 31.5 Å². The fourth-order valence-electron chi connectivity index (χ4n) is 4.46. The summed E-state index contributed by atoms with van der Waals surface area (Å²) in [5, 5.41) is 40.4. The average molecular weight is 674 g/mol. The van der Waals surface area contributed by atoms with Crippen molar-refractivity contribution in [3.63, 3.8) is 0 Å². The lowest BCUT2D eigenvalue weighted by Gasteiger charge is -2.23. The molecule has 14 nitrogen and oxygen atoms in total. The first-order valence-corrected chi connectivity index (χ1v) is 16.2. The van der Waals surface area contributed by atoms with Crippen molar-refractivity contribution in [3.05, 3.63) is 64.2 Å². The number of hydrogen-bond acceptors (Lipinski definition) is 8. The van der Waals surface area contributed by atoms with Crippen LogP contribution in [-0.4, -0.2) is 68.5 Å². The van der Waals surface area contributed by atoms with Gasteiger partial charge in [0.1, 0.15) is 12.1 Å². The summed E-state index contributed by atoms with van der Waals surface area (Å²) >= 11 is 1.16. The molecule has 0 saturated heterocycles. The van der Waals surface area contributed by atoms with Gasteiger partial charge >= 0.3 is 18.0 Å². The van der Waals surface area contributed by atoms with E-state index in [4.69, 9.17) is 0 Å². The van der Waals surface area contributed by atoms with Gasteiger partial charge in [-0.05, 0) is 59.8 Å². The highest BCUT2D eigenvalue weighted by atomic mass is 32.2. The van der Waals surface area contributed by atoms with Gasteiger partial charge in [-0.25, -0.2) is 14.4 Å². The molecule has 0 aliphatic carbocycles. The maximum atomic E-state index is 13.4. The molecule has 47 heavy (non-hydrogen) atoms. The van der Waals surface area contributed by atoms with Crippen molar-refractivity contribution in [2.45, 2.75) is 71.9 Å². The van der Waals surface area contributed by atoms with Gasteiger partial charge in [-0.3, -0.25) is 19.7 Å². The van der Waals surface area contributed by atoms with Gasteiger partial charge in [0.25, 0.3) is 5.69 Å². The highest BCUT2D eigenvalue weighted by Crippen LogP contribution is 2.26. The maximum absolute atomic E-state index is 13.4. The summed E-state index contributed by atoms with van der Waals surface area (Å²) in [6.45, 7) is 9.47. The summed E-state index contributed by atoms with van der Waals surface area (Å²) in [5.74, 6) is -3.63. The second kappa shape index (κ2) is 17.9. The van der Waals surface area contributed by atoms with Crippen molar-refractivity contribution in [2.24, 2.45) is 11.3 Å². The molecule has 0 spiro atoms. The Morgan fingerprint density at radius 3 is 1.85 bits per heavy atom. The van der Waals surface area contributed by atoms with Crippen molar-refractivity contribution >= 4 is 58.6 Å². The van der Waals surface area contributed by atoms with Crippen LogP contribution in [-0.2, 0) is 19.2 Å². The third kappa shape index (κ3) is 14.1. The van der Waals surface area contributed by atoms with E-state index in [1.54, 1.807) is 24.3 Å². The summed E-state index contributed by atoms with van der Waals surface area (Å²) in [6.07, 6.45) is 0.666. The lowest BCUT2D eigenvalue weighted by Crippen LogP contribution is -2.45. The van der Waals surface area contributed by atoms with Gasteiger partial charge in [-0.2, -0.15) is 11.8 Å². The lowest BCUT2D eigenvalue weighted by atomic mass is 9.89. The molecule has 0 saturated carbocycles. The van der Waals surface area contributed by atoms with Gasteiger partial charge in [0.2, 0.25) is 11.8 Å². The van der Waals surface area contributed by atoms with E-state index in [0.717, 1.165) is 11.8 Å². The minimum absolute atomic E-state index is 0.00945. The highest BCUT2D eigenvalue weighted by molar-refractivity contribution is 7.99. The Bertz CT molecular complexity index is 1410. The molecule has 0 aliphatic heterocycles. The summed E-state index contributed by atoms with van der Waals surface area (Å²) in [7, 11) is 0. The van der Waals surface area contributed by atoms with Gasteiger partial charge in [-0.1, -0.05) is 46.8 Å². The topological polar surface area (TPSA) is 217 Å². The molecule has 0 bridgehead atoms. The van der Waals surface area contributed by atoms with Crippen LogP contribution < -0.4 is 21.3 Å². The van der Waals surface area contributed by atoms with E-state index in [0.29, 0.717) is 23.4 Å². The van der Waals surface area contributed by atoms with Gasteiger partial charge in [-0.15, -0.1) is 0 Å². The lowest BCUT2D eigenvalue weighted by molar-refractivity contribution is -0.384. The van der Waals surface area contributed by atoms with Gasteiger partial charge in [0, 0.05) is 35.7 Å². The Labute approximate surface area is 277 Å². The Balaban J connectivity index is 1.99. The van der Waals surface area contributed by atoms with Gasteiger partial charge in [0.05, 0.1) is 10.8 Å². The number of anilines is 2. The number of rotatable bonds is 17. The molecular formula is C32H43N5O9S. The van der Waals surface area contributed by atoms with Gasteiger partial charge in [0.15, 0.2) is 0 Å². The van der Waals surface area contributed by atoms with E-state index in [1.165, 1.54) is 24.3 Å². The number of carbonyl (C=O) groups excluding carboxylic acids is 3. The summed E-state index contributed by atoms with van der Waals surface area (Å²) in [6, 6.07) is 8.96. The predicted octanol–water partition coefficient (Wildman–Crippen LogP) is 5.07. The largest absolute Gasteiger partial charge is 0.480 e. The van der Waals surface area contributed by atoms with Crippen molar-refractivity contribution in [3.8, 4) is 0 Å². The van der Waals surface area contributed by atoms with Crippen LogP contribution >= 0.6 is 11.8 Å². The Morgan fingerprint density at radius 2 is 1.38 bits per heavy atom. The van der Waals surface area contributed by atoms with Crippen molar-refractivity contribution in [1.29, 1.82) is 0 Å².